The van der Waals surface area contributed by atoms with Gasteiger partial charge in [0.1, 0.15) is 5.37 Å². The summed E-state index contributed by atoms with van der Waals surface area (Å²) >= 11 is 1.32. The Labute approximate surface area is 128 Å². The van der Waals surface area contributed by atoms with Crippen molar-refractivity contribution < 1.29 is 14.7 Å². The number of carboxylic acids is 1. The Bertz CT molecular complexity index is 554. The first-order chi connectivity index (χ1) is 9.99. The van der Waals surface area contributed by atoms with E-state index in [2.05, 4.69) is 13.8 Å². The summed E-state index contributed by atoms with van der Waals surface area (Å²) in [5.41, 5.74) is 1.02. The third kappa shape index (κ3) is 3.88. The first kappa shape index (κ1) is 15.6. The molecule has 1 unspecified atom stereocenters. The predicted octanol–water partition coefficient (Wildman–Crippen LogP) is 3.28. The van der Waals surface area contributed by atoms with Crippen LogP contribution in [0.1, 0.15) is 31.2 Å². The van der Waals surface area contributed by atoms with E-state index in [9.17, 15) is 9.59 Å². The molecule has 0 aliphatic carbocycles. The van der Waals surface area contributed by atoms with Gasteiger partial charge in [0, 0.05) is 12.6 Å². The topological polar surface area (TPSA) is 57.6 Å². The van der Waals surface area contributed by atoms with Gasteiger partial charge in [0.15, 0.2) is 0 Å². The minimum Gasteiger partial charge on any atom is -0.478 e. The molecule has 21 heavy (non-hydrogen) atoms. The van der Waals surface area contributed by atoms with Gasteiger partial charge in [-0.05, 0) is 17.9 Å². The number of aliphatic carboxylic acids is 1. The molecule has 4 nitrogen and oxygen atoms in total. The fourth-order valence-corrected chi connectivity index (χ4v) is 3.42. The number of nitrogens with zero attached hydrogens (tertiary/aromatic N) is 1. The second-order valence-electron chi connectivity index (χ2n) is 5.41. The van der Waals surface area contributed by atoms with Crippen molar-refractivity contribution in [2.75, 3.05) is 6.54 Å². The smallest absolute Gasteiger partial charge is 0.329 e. The van der Waals surface area contributed by atoms with Crippen LogP contribution in [0, 0.1) is 5.92 Å². The van der Waals surface area contributed by atoms with E-state index in [-0.39, 0.29) is 11.3 Å². The highest BCUT2D eigenvalue weighted by Crippen LogP contribution is 2.45. The molecule has 112 valence electrons. The van der Waals surface area contributed by atoms with Crippen molar-refractivity contribution in [3.05, 3.63) is 46.9 Å². The van der Waals surface area contributed by atoms with Gasteiger partial charge in [-0.15, -0.1) is 0 Å². The Morgan fingerprint density at radius 1 is 1.38 bits per heavy atom. The standard InChI is InChI=1S/C16H19NO3S/c1-11(2)8-9-17-15(20)13(10-14(18)19)21-16(17)12-6-4-3-5-7-12/h3-7,10-11,16H,8-9H2,1-2H3,(H,18,19)/b13-10-. The van der Waals surface area contributed by atoms with Crippen molar-refractivity contribution in [2.45, 2.75) is 25.6 Å². The van der Waals surface area contributed by atoms with Crippen molar-refractivity contribution in [2.24, 2.45) is 5.92 Å². The fourth-order valence-electron chi connectivity index (χ4n) is 2.17. The molecule has 1 amide bonds. The van der Waals surface area contributed by atoms with Crippen LogP contribution in [0.5, 0.6) is 0 Å². The number of carbonyl (C=O) groups is 2. The van der Waals surface area contributed by atoms with Gasteiger partial charge in [-0.1, -0.05) is 55.9 Å². The van der Waals surface area contributed by atoms with Gasteiger partial charge in [-0.2, -0.15) is 0 Å². The highest BCUT2D eigenvalue weighted by atomic mass is 32.2. The van der Waals surface area contributed by atoms with Crippen LogP contribution in [0.3, 0.4) is 0 Å². The van der Waals surface area contributed by atoms with E-state index >= 15 is 0 Å². The highest BCUT2D eigenvalue weighted by molar-refractivity contribution is 8.04. The summed E-state index contributed by atoms with van der Waals surface area (Å²) in [4.78, 5) is 25.3. The Kier molecular flexibility index (Phi) is 5.07. The summed E-state index contributed by atoms with van der Waals surface area (Å²) < 4.78 is 0. The van der Waals surface area contributed by atoms with Gasteiger partial charge < -0.3 is 10.0 Å². The molecule has 1 N–H and O–H groups in total. The first-order valence-electron chi connectivity index (χ1n) is 6.96. The molecule has 2 rings (SSSR count). The molecule has 0 radical (unpaired) electrons. The lowest BCUT2D eigenvalue weighted by atomic mass is 10.1. The predicted molar refractivity (Wildman–Crippen MR) is 83.7 cm³/mol. The van der Waals surface area contributed by atoms with E-state index < -0.39 is 5.97 Å². The number of carbonyl (C=O) groups excluding carboxylic acids is 1. The average Bonchev–Trinajstić information content (AvgIpc) is 2.74. The van der Waals surface area contributed by atoms with Crippen LogP contribution < -0.4 is 0 Å². The van der Waals surface area contributed by atoms with Gasteiger partial charge in [0.05, 0.1) is 4.91 Å². The van der Waals surface area contributed by atoms with E-state index in [1.165, 1.54) is 11.8 Å². The van der Waals surface area contributed by atoms with Crippen molar-refractivity contribution >= 4 is 23.6 Å². The van der Waals surface area contributed by atoms with Gasteiger partial charge in [0.2, 0.25) is 0 Å². The molecule has 1 saturated heterocycles. The zero-order valence-corrected chi connectivity index (χ0v) is 13.0. The quantitative estimate of drug-likeness (QED) is 0.848. The number of thioether (sulfide) groups is 1. The number of hydrogen-bond acceptors (Lipinski definition) is 3. The van der Waals surface area contributed by atoms with Crippen molar-refractivity contribution in [3.8, 4) is 0 Å². The molecule has 0 spiro atoms. The summed E-state index contributed by atoms with van der Waals surface area (Å²) in [5, 5.41) is 8.76. The molecule has 1 aromatic carbocycles. The lowest BCUT2D eigenvalue weighted by Crippen LogP contribution is -2.29. The van der Waals surface area contributed by atoms with Gasteiger partial charge in [-0.3, -0.25) is 4.79 Å². The van der Waals surface area contributed by atoms with Gasteiger partial charge in [-0.25, -0.2) is 4.79 Å². The molecular formula is C16H19NO3S. The van der Waals surface area contributed by atoms with Crippen molar-refractivity contribution in [3.63, 3.8) is 0 Å². The van der Waals surface area contributed by atoms with E-state index in [0.29, 0.717) is 17.4 Å². The SMILES string of the molecule is CC(C)CCN1C(=O)/C(=C/C(=O)O)SC1c1ccccc1. The maximum atomic E-state index is 12.4. The summed E-state index contributed by atoms with van der Waals surface area (Å²) in [5.74, 6) is -0.771. The molecule has 1 aromatic rings. The van der Waals surface area contributed by atoms with Crippen LogP contribution in [0.25, 0.3) is 0 Å². The monoisotopic (exact) mass is 305 g/mol. The molecule has 5 heteroatoms. The third-order valence-corrected chi connectivity index (χ3v) is 4.58. The van der Waals surface area contributed by atoms with Crippen LogP contribution in [-0.4, -0.2) is 28.4 Å². The zero-order chi connectivity index (χ0) is 15.4. The van der Waals surface area contributed by atoms with Gasteiger partial charge >= 0.3 is 5.97 Å². The molecule has 1 fully saturated rings. The lowest BCUT2D eigenvalue weighted by Gasteiger charge is -2.24. The van der Waals surface area contributed by atoms with E-state index in [4.69, 9.17) is 5.11 Å². The van der Waals surface area contributed by atoms with E-state index in [1.54, 1.807) is 4.90 Å². The van der Waals surface area contributed by atoms with Crippen LogP contribution >= 0.6 is 11.8 Å². The van der Waals surface area contributed by atoms with Gasteiger partial charge in [0.25, 0.3) is 5.91 Å². The summed E-state index contributed by atoms with van der Waals surface area (Å²) in [6, 6.07) is 9.73. The Hall–Kier alpha value is -1.75. The Morgan fingerprint density at radius 2 is 2.05 bits per heavy atom. The molecule has 1 atom stereocenters. The number of carboxylic acid groups (broad SMARTS) is 1. The average molecular weight is 305 g/mol. The lowest BCUT2D eigenvalue weighted by molar-refractivity contribution is -0.132. The van der Waals surface area contributed by atoms with Crippen LogP contribution in [0.15, 0.2) is 41.3 Å². The summed E-state index contributed by atoms with van der Waals surface area (Å²) in [6.07, 6.45) is 1.91. The maximum absolute atomic E-state index is 12.4. The number of rotatable bonds is 5. The summed E-state index contributed by atoms with van der Waals surface area (Å²) in [7, 11) is 0. The maximum Gasteiger partial charge on any atom is 0.329 e. The normalized spacial score (nSPS) is 20.5. The second kappa shape index (κ2) is 6.80. The molecule has 0 aromatic heterocycles. The third-order valence-electron chi connectivity index (χ3n) is 3.28. The molecule has 1 aliphatic heterocycles. The number of hydrogen-bond donors (Lipinski definition) is 1. The Morgan fingerprint density at radius 3 is 2.62 bits per heavy atom. The number of benzene rings is 1. The number of amides is 1. The Balaban J connectivity index is 2.27. The van der Waals surface area contributed by atoms with Crippen LogP contribution in [0.2, 0.25) is 0 Å². The molecule has 1 heterocycles. The van der Waals surface area contributed by atoms with E-state index in [0.717, 1.165) is 18.1 Å². The fraction of sp³-hybridized carbons (Fsp3) is 0.375. The minimum atomic E-state index is -1.08. The molecule has 0 saturated carbocycles. The van der Waals surface area contributed by atoms with Crippen LogP contribution in [0.4, 0.5) is 0 Å². The van der Waals surface area contributed by atoms with Crippen molar-refractivity contribution in [1.29, 1.82) is 0 Å². The first-order valence-corrected chi connectivity index (χ1v) is 7.84. The molecule has 1 aliphatic rings. The largest absolute Gasteiger partial charge is 0.478 e. The molecule has 0 bridgehead atoms. The second-order valence-corrected chi connectivity index (χ2v) is 6.53. The zero-order valence-electron chi connectivity index (χ0n) is 12.2. The van der Waals surface area contributed by atoms with E-state index in [1.807, 2.05) is 30.3 Å². The van der Waals surface area contributed by atoms with Crippen molar-refractivity contribution in [1.82, 2.24) is 4.90 Å². The van der Waals surface area contributed by atoms with Crippen LogP contribution in [-0.2, 0) is 9.59 Å². The minimum absolute atomic E-state index is 0.136. The molecular weight excluding hydrogens is 286 g/mol. The highest BCUT2D eigenvalue weighted by Gasteiger charge is 2.37. The summed E-state index contributed by atoms with van der Waals surface area (Å²) in [6.45, 7) is 4.86.